The summed E-state index contributed by atoms with van der Waals surface area (Å²) in [6.07, 6.45) is 1.72. The number of hydrogen-bond donors (Lipinski definition) is 2. The molecule has 2 N–H and O–H groups in total. The van der Waals surface area contributed by atoms with Crippen molar-refractivity contribution in [1.29, 1.82) is 0 Å². The first-order valence-corrected chi connectivity index (χ1v) is 3.83. The number of ether oxygens (including phenoxy) is 1. The molecule has 0 aliphatic carbocycles. The van der Waals surface area contributed by atoms with E-state index in [-0.39, 0.29) is 5.97 Å². The third-order valence-electron chi connectivity index (χ3n) is 1.22. The van der Waals surface area contributed by atoms with Gasteiger partial charge in [-0.2, -0.15) is 0 Å². The molecule has 11 heavy (non-hydrogen) atoms. The van der Waals surface area contributed by atoms with Crippen LogP contribution in [0.15, 0.2) is 0 Å². The molecular formula is C6H14BNO3. The van der Waals surface area contributed by atoms with Crippen LogP contribution in [0, 0.1) is 0 Å². The first kappa shape index (κ1) is 10.5. The van der Waals surface area contributed by atoms with E-state index in [0.29, 0.717) is 19.5 Å². The van der Waals surface area contributed by atoms with Gasteiger partial charge in [0.25, 0.3) is 0 Å². The van der Waals surface area contributed by atoms with E-state index in [4.69, 9.17) is 9.94 Å². The summed E-state index contributed by atoms with van der Waals surface area (Å²) in [5.74, 6) is -0.162. The Bertz CT molecular complexity index is 110. The van der Waals surface area contributed by atoms with Gasteiger partial charge in [0.15, 0.2) is 0 Å². The van der Waals surface area contributed by atoms with E-state index in [9.17, 15) is 4.79 Å². The van der Waals surface area contributed by atoms with E-state index < -0.39 is 0 Å². The summed E-state index contributed by atoms with van der Waals surface area (Å²) < 4.78 is 4.70. The lowest BCUT2D eigenvalue weighted by molar-refractivity contribution is -0.142. The molecule has 0 unspecified atom stereocenters. The van der Waals surface area contributed by atoms with Gasteiger partial charge in [0.2, 0.25) is 0 Å². The predicted molar refractivity (Wildman–Crippen MR) is 43.0 cm³/mol. The number of carbonyl (C=O) groups excluding carboxylic acids is 1. The van der Waals surface area contributed by atoms with Gasteiger partial charge in [-0.05, 0) is 13.4 Å². The zero-order valence-electron chi connectivity index (χ0n) is 6.80. The maximum absolute atomic E-state index is 10.7. The minimum absolute atomic E-state index is 0.162. The second kappa shape index (κ2) is 7.56. The first-order chi connectivity index (χ1) is 5.31. The average molecular weight is 159 g/mol. The maximum Gasteiger partial charge on any atom is 0.305 e. The van der Waals surface area contributed by atoms with Crippen LogP contribution in [0.1, 0.15) is 13.3 Å². The second-order valence-corrected chi connectivity index (χ2v) is 2.17. The van der Waals surface area contributed by atoms with Gasteiger partial charge < -0.3 is 9.94 Å². The lowest BCUT2D eigenvalue weighted by Gasteiger charge is -1.99. The summed E-state index contributed by atoms with van der Waals surface area (Å²) in [6.45, 7) is 2.23. The highest BCUT2D eigenvalue weighted by Gasteiger charge is 2.00. The minimum Gasteiger partial charge on any atom is -0.466 e. The monoisotopic (exact) mass is 159 g/mol. The molecule has 5 heteroatoms. The third kappa shape index (κ3) is 7.35. The Hall–Kier alpha value is -0.545. The number of esters is 1. The number of carbonyl (C=O) groups is 1. The molecule has 0 bridgehead atoms. The van der Waals surface area contributed by atoms with Crippen molar-refractivity contribution in [3.05, 3.63) is 0 Å². The van der Waals surface area contributed by atoms with E-state index in [1.165, 1.54) is 0 Å². The van der Waals surface area contributed by atoms with Gasteiger partial charge in [0.1, 0.15) is 7.28 Å². The second-order valence-electron chi connectivity index (χ2n) is 2.17. The lowest BCUT2D eigenvalue weighted by atomic mass is 9.74. The minimum atomic E-state index is -0.162. The summed E-state index contributed by atoms with van der Waals surface area (Å²) in [7, 11) is 0.787. The zero-order chi connectivity index (χ0) is 8.53. The molecule has 0 aliphatic rings. The molecular weight excluding hydrogens is 145 g/mol. The fourth-order valence-corrected chi connectivity index (χ4v) is 0.707. The third-order valence-corrected chi connectivity index (χ3v) is 1.22. The Morgan fingerprint density at radius 2 is 2.45 bits per heavy atom. The van der Waals surface area contributed by atoms with Gasteiger partial charge in [-0.25, -0.2) is 5.48 Å². The van der Waals surface area contributed by atoms with Crippen molar-refractivity contribution in [3.8, 4) is 0 Å². The number of hydrogen-bond acceptors (Lipinski definition) is 4. The van der Waals surface area contributed by atoms with Gasteiger partial charge in [0, 0.05) is 6.42 Å². The topological polar surface area (TPSA) is 58.6 Å². The Labute approximate surface area is 67.1 Å². The average Bonchev–Trinajstić information content (AvgIpc) is 1.99. The Morgan fingerprint density at radius 3 is 3.00 bits per heavy atom. The largest absolute Gasteiger partial charge is 0.466 e. The van der Waals surface area contributed by atoms with Crippen LogP contribution in [-0.4, -0.2) is 31.5 Å². The van der Waals surface area contributed by atoms with Crippen LogP contribution < -0.4 is 5.48 Å². The van der Waals surface area contributed by atoms with E-state index >= 15 is 0 Å². The van der Waals surface area contributed by atoms with Crippen LogP contribution >= 0.6 is 0 Å². The van der Waals surface area contributed by atoms with Gasteiger partial charge in [-0.1, -0.05) is 6.32 Å². The quantitative estimate of drug-likeness (QED) is 0.242. The molecule has 0 saturated carbocycles. The predicted octanol–water partition coefficient (Wildman–Crippen LogP) is -0.269. The molecule has 0 aromatic heterocycles. The lowest BCUT2D eigenvalue weighted by Crippen LogP contribution is -2.16. The fourth-order valence-electron chi connectivity index (χ4n) is 0.707. The molecule has 4 nitrogen and oxygen atoms in total. The molecule has 0 aromatic rings. The number of hydroxylamine groups is 1. The standard InChI is InChI=1S/C6H14BNO3/c1-2-11-6(9)3-4-7-5-8-10/h7-8,10H,2-5H2,1H3. The van der Waals surface area contributed by atoms with Crippen LogP contribution in [0.25, 0.3) is 0 Å². The summed E-state index contributed by atoms with van der Waals surface area (Å²) in [5, 5.41) is 8.17. The highest BCUT2D eigenvalue weighted by Crippen LogP contribution is 1.91. The molecule has 0 atom stereocenters. The summed E-state index contributed by atoms with van der Waals surface area (Å²) >= 11 is 0. The van der Waals surface area contributed by atoms with Crippen molar-refractivity contribution in [2.45, 2.75) is 19.7 Å². The van der Waals surface area contributed by atoms with E-state index in [0.717, 1.165) is 13.6 Å². The van der Waals surface area contributed by atoms with Crippen LogP contribution in [0.3, 0.4) is 0 Å². The molecule has 0 fully saturated rings. The molecule has 0 aromatic carbocycles. The Balaban J connectivity index is 3.04. The van der Waals surface area contributed by atoms with Crippen molar-refractivity contribution in [3.63, 3.8) is 0 Å². The molecule has 0 spiro atoms. The summed E-state index contributed by atoms with van der Waals surface area (Å²) in [6, 6.07) is 0. The van der Waals surface area contributed by atoms with Gasteiger partial charge in [0.05, 0.1) is 6.61 Å². The zero-order valence-corrected chi connectivity index (χ0v) is 6.80. The van der Waals surface area contributed by atoms with Crippen molar-refractivity contribution < 1.29 is 14.7 Å². The van der Waals surface area contributed by atoms with Crippen LogP contribution in [0.4, 0.5) is 0 Å². The Kier molecular flexibility index (Phi) is 7.19. The number of rotatable bonds is 6. The molecule has 64 valence electrons. The van der Waals surface area contributed by atoms with E-state index in [1.807, 2.05) is 5.48 Å². The molecule has 0 heterocycles. The van der Waals surface area contributed by atoms with Crippen molar-refractivity contribution in [1.82, 2.24) is 5.48 Å². The van der Waals surface area contributed by atoms with Crippen LogP contribution in [0.2, 0.25) is 6.32 Å². The highest BCUT2D eigenvalue weighted by atomic mass is 16.5. The SMILES string of the molecule is CCOC(=O)CCBCNO. The van der Waals surface area contributed by atoms with Crippen molar-refractivity contribution in [2.24, 2.45) is 0 Å². The van der Waals surface area contributed by atoms with Crippen LogP contribution in [-0.2, 0) is 9.53 Å². The number of nitrogens with one attached hydrogen (secondary N) is 1. The van der Waals surface area contributed by atoms with Crippen molar-refractivity contribution >= 4 is 13.2 Å². The molecule has 0 aliphatic heterocycles. The normalized spacial score (nSPS) is 9.27. The maximum atomic E-state index is 10.7. The fraction of sp³-hybridized carbons (Fsp3) is 0.833. The summed E-state index contributed by atoms with van der Waals surface area (Å²) in [5.41, 5.74) is 2.02. The molecule has 0 saturated heterocycles. The smallest absolute Gasteiger partial charge is 0.305 e. The van der Waals surface area contributed by atoms with Crippen molar-refractivity contribution in [2.75, 3.05) is 13.1 Å². The Morgan fingerprint density at radius 1 is 1.73 bits per heavy atom. The van der Waals surface area contributed by atoms with E-state index in [1.54, 1.807) is 6.92 Å². The van der Waals surface area contributed by atoms with Gasteiger partial charge >= 0.3 is 5.97 Å². The first-order valence-electron chi connectivity index (χ1n) is 3.83. The van der Waals surface area contributed by atoms with Gasteiger partial charge in [-0.15, -0.1) is 0 Å². The molecule has 0 radical (unpaired) electrons. The summed E-state index contributed by atoms with van der Waals surface area (Å²) in [4.78, 5) is 10.7. The van der Waals surface area contributed by atoms with Crippen LogP contribution in [0.5, 0.6) is 0 Å². The molecule has 0 amide bonds. The van der Waals surface area contributed by atoms with Gasteiger partial charge in [-0.3, -0.25) is 4.79 Å². The highest BCUT2D eigenvalue weighted by molar-refractivity contribution is 6.35. The van der Waals surface area contributed by atoms with E-state index in [2.05, 4.69) is 0 Å². The molecule has 0 rings (SSSR count).